The molecule has 0 aliphatic rings. The minimum absolute atomic E-state index is 0.0358. The number of halogens is 1. The van der Waals surface area contributed by atoms with E-state index in [0.717, 1.165) is 11.9 Å². The number of pyridine rings is 1. The first-order valence-corrected chi connectivity index (χ1v) is 14.2. The molecule has 3 heterocycles. The molecule has 0 saturated heterocycles. The van der Waals surface area contributed by atoms with Crippen molar-refractivity contribution in [1.82, 2.24) is 30.1 Å². The van der Waals surface area contributed by atoms with Crippen LogP contribution < -0.4 is 20.1 Å². The summed E-state index contributed by atoms with van der Waals surface area (Å²) in [6, 6.07) is 12.6. The Bertz CT molecular complexity index is 1600. The number of sulfonamides is 1. The van der Waals surface area contributed by atoms with E-state index in [-0.39, 0.29) is 18.7 Å². The molecule has 0 aliphatic heterocycles. The monoisotopic (exact) mass is 583 g/mol. The Labute approximate surface area is 235 Å². The molecular formula is C26H26ClN7O5S. The molecule has 40 heavy (non-hydrogen) atoms. The highest BCUT2D eigenvalue weighted by Gasteiger charge is 2.15. The number of rotatable bonds is 13. The number of amides is 1. The second-order valence-electron chi connectivity index (χ2n) is 8.54. The molecule has 3 aromatic heterocycles. The van der Waals surface area contributed by atoms with Gasteiger partial charge in [0, 0.05) is 48.4 Å². The average molecular weight is 584 g/mol. The highest BCUT2D eigenvalue weighted by molar-refractivity contribution is 7.88. The van der Waals surface area contributed by atoms with Crippen molar-refractivity contribution in [1.29, 1.82) is 0 Å². The summed E-state index contributed by atoms with van der Waals surface area (Å²) in [4.78, 5) is 24.8. The first-order valence-electron chi connectivity index (χ1n) is 11.9. The molecule has 0 spiro atoms. The maximum absolute atomic E-state index is 12.2. The minimum atomic E-state index is -3.44. The highest BCUT2D eigenvalue weighted by Crippen LogP contribution is 2.32. The molecule has 12 nitrogen and oxygen atoms in total. The second-order valence-corrected chi connectivity index (χ2v) is 10.8. The van der Waals surface area contributed by atoms with E-state index in [4.69, 9.17) is 20.9 Å². The van der Waals surface area contributed by atoms with Crippen LogP contribution in [0, 0.1) is 0 Å². The van der Waals surface area contributed by atoms with E-state index in [2.05, 4.69) is 42.0 Å². The fraction of sp³-hybridized carbons (Fsp3) is 0.192. The molecule has 4 rings (SSSR count). The molecule has 0 radical (unpaired) electrons. The molecule has 0 saturated carbocycles. The Morgan fingerprint density at radius 3 is 2.75 bits per heavy atom. The Balaban J connectivity index is 1.36. The number of aromatic nitrogens is 4. The molecule has 0 bridgehead atoms. The predicted octanol–water partition coefficient (Wildman–Crippen LogP) is 3.27. The van der Waals surface area contributed by atoms with Gasteiger partial charge >= 0.3 is 0 Å². The average Bonchev–Trinajstić information content (AvgIpc) is 3.41. The number of carbonyl (C=O) groups is 1. The van der Waals surface area contributed by atoms with Crippen molar-refractivity contribution in [3.05, 3.63) is 89.7 Å². The van der Waals surface area contributed by atoms with Gasteiger partial charge in [-0.25, -0.2) is 23.1 Å². The lowest BCUT2D eigenvalue weighted by molar-refractivity contribution is -0.117. The molecule has 0 aliphatic carbocycles. The smallest absolute Gasteiger partial charge is 0.248 e. The number of ether oxygens (including phenoxy) is 1. The lowest BCUT2D eigenvalue weighted by atomic mass is 10.2. The largest absolute Gasteiger partial charge is 0.492 e. The van der Waals surface area contributed by atoms with E-state index in [1.165, 1.54) is 6.33 Å². The van der Waals surface area contributed by atoms with Crippen molar-refractivity contribution in [3.63, 3.8) is 0 Å². The summed E-state index contributed by atoms with van der Waals surface area (Å²) < 4.78 is 35.9. The molecule has 14 heteroatoms. The van der Waals surface area contributed by atoms with Crippen molar-refractivity contribution >= 4 is 39.0 Å². The summed E-state index contributed by atoms with van der Waals surface area (Å²) in [5.74, 6) is 0.835. The van der Waals surface area contributed by atoms with Gasteiger partial charge < -0.3 is 19.9 Å². The predicted molar refractivity (Wildman–Crippen MR) is 150 cm³/mol. The Hall–Kier alpha value is -4.33. The van der Waals surface area contributed by atoms with Crippen LogP contribution in [0.4, 0.5) is 11.5 Å². The molecule has 4 aromatic rings. The highest BCUT2D eigenvalue weighted by atomic mass is 35.5. The van der Waals surface area contributed by atoms with Gasteiger partial charge in [-0.2, -0.15) is 0 Å². The van der Waals surface area contributed by atoms with E-state index < -0.39 is 15.9 Å². The van der Waals surface area contributed by atoms with Gasteiger partial charge in [0.15, 0.2) is 5.76 Å². The number of nitrogens with one attached hydrogen (secondary N) is 3. The van der Waals surface area contributed by atoms with Crippen molar-refractivity contribution < 1.29 is 22.5 Å². The van der Waals surface area contributed by atoms with Crippen LogP contribution in [-0.4, -0.2) is 53.8 Å². The third-order valence-corrected chi connectivity index (χ3v) is 6.34. The van der Waals surface area contributed by atoms with Gasteiger partial charge in [-0.3, -0.25) is 9.78 Å². The summed E-state index contributed by atoms with van der Waals surface area (Å²) in [7, 11) is -3.44. The summed E-state index contributed by atoms with van der Waals surface area (Å²) in [6.45, 7) is 3.85. The summed E-state index contributed by atoms with van der Waals surface area (Å²) >= 11 is 6.45. The van der Waals surface area contributed by atoms with E-state index in [0.29, 0.717) is 52.3 Å². The van der Waals surface area contributed by atoms with Gasteiger partial charge in [-0.05, 0) is 30.3 Å². The summed E-state index contributed by atoms with van der Waals surface area (Å²) in [5.41, 5.74) is 2.60. The molecule has 1 amide bonds. The Morgan fingerprint density at radius 1 is 1.15 bits per heavy atom. The normalized spacial score (nSPS) is 11.2. The molecular weight excluding hydrogens is 558 g/mol. The van der Waals surface area contributed by atoms with E-state index in [1.54, 1.807) is 36.7 Å². The minimum Gasteiger partial charge on any atom is -0.492 e. The van der Waals surface area contributed by atoms with E-state index in [1.807, 2.05) is 18.2 Å². The zero-order valence-electron chi connectivity index (χ0n) is 21.4. The van der Waals surface area contributed by atoms with Crippen LogP contribution in [0.5, 0.6) is 5.75 Å². The van der Waals surface area contributed by atoms with Gasteiger partial charge in [-0.15, -0.1) is 0 Å². The van der Waals surface area contributed by atoms with Crippen molar-refractivity contribution in [2.24, 2.45) is 0 Å². The fourth-order valence-electron chi connectivity index (χ4n) is 3.37. The van der Waals surface area contributed by atoms with Crippen LogP contribution in [0.15, 0.2) is 77.9 Å². The lowest BCUT2D eigenvalue weighted by Crippen LogP contribution is -2.31. The van der Waals surface area contributed by atoms with Crippen molar-refractivity contribution in [3.8, 4) is 17.1 Å². The van der Waals surface area contributed by atoms with Crippen LogP contribution in [0.25, 0.3) is 11.3 Å². The van der Waals surface area contributed by atoms with E-state index in [9.17, 15) is 13.2 Å². The topological polar surface area (TPSA) is 161 Å². The third kappa shape index (κ3) is 8.33. The van der Waals surface area contributed by atoms with Crippen LogP contribution >= 0.6 is 11.6 Å². The van der Waals surface area contributed by atoms with Crippen LogP contribution in [0.3, 0.4) is 0 Å². The van der Waals surface area contributed by atoms with Gasteiger partial charge in [0.1, 0.15) is 23.6 Å². The van der Waals surface area contributed by atoms with E-state index >= 15 is 0 Å². The first kappa shape index (κ1) is 28.7. The molecule has 0 fully saturated rings. The standard InChI is InChI=1S/C26H26ClN7O5S/c1-17(13-32-40(2,36)37)26(35)30-14-20-12-24(39-34-20)21-15-28-16-31-25(21)33-19-6-7-23(22(27)11-19)38-10-8-18-5-3-4-9-29-18/h3-7,9,11-12,15-16,32H,1,8,10,13-14H2,2H3,(H,30,35)(H,28,31,33). The van der Waals surface area contributed by atoms with Gasteiger partial charge in [-0.1, -0.05) is 29.4 Å². The van der Waals surface area contributed by atoms with Crippen molar-refractivity contribution in [2.75, 3.05) is 24.7 Å². The molecule has 1 aromatic carbocycles. The SMILES string of the molecule is C=C(CNS(C)(=O)=O)C(=O)NCc1cc(-c2cncnc2Nc2ccc(OCCc3ccccn3)c(Cl)c2)on1. The number of benzene rings is 1. The zero-order chi connectivity index (χ0) is 28.5. The fourth-order valence-corrected chi connectivity index (χ4v) is 4.04. The number of anilines is 2. The summed E-state index contributed by atoms with van der Waals surface area (Å²) in [6.07, 6.45) is 6.34. The zero-order valence-corrected chi connectivity index (χ0v) is 23.0. The third-order valence-electron chi connectivity index (χ3n) is 5.37. The summed E-state index contributed by atoms with van der Waals surface area (Å²) in [5, 5.41) is 10.2. The van der Waals surface area contributed by atoms with Crippen molar-refractivity contribution in [2.45, 2.75) is 13.0 Å². The van der Waals surface area contributed by atoms with Gasteiger partial charge in [0.05, 0.1) is 30.0 Å². The molecule has 208 valence electrons. The maximum Gasteiger partial charge on any atom is 0.248 e. The molecule has 3 N–H and O–H groups in total. The lowest BCUT2D eigenvalue weighted by Gasteiger charge is -2.12. The second kappa shape index (κ2) is 13.2. The molecule has 0 atom stereocenters. The Kier molecular flexibility index (Phi) is 9.43. The number of nitrogens with zero attached hydrogens (tertiary/aromatic N) is 4. The van der Waals surface area contributed by atoms with Crippen LogP contribution in [0.1, 0.15) is 11.4 Å². The molecule has 0 unspecified atom stereocenters. The maximum atomic E-state index is 12.2. The van der Waals surface area contributed by atoms with Crippen LogP contribution in [-0.2, 0) is 27.8 Å². The number of hydrogen-bond donors (Lipinski definition) is 3. The van der Waals surface area contributed by atoms with Gasteiger partial charge in [0.25, 0.3) is 0 Å². The van der Waals surface area contributed by atoms with Crippen LogP contribution in [0.2, 0.25) is 5.02 Å². The number of hydrogen-bond acceptors (Lipinski definition) is 10. The quantitative estimate of drug-likeness (QED) is 0.199. The van der Waals surface area contributed by atoms with Gasteiger partial charge in [0.2, 0.25) is 15.9 Å². The number of carbonyl (C=O) groups excluding carboxylic acids is 1. The first-order chi connectivity index (χ1) is 19.2. The Morgan fingerprint density at radius 2 is 2.00 bits per heavy atom.